The quantitative estimate of drug-likeness (QED) is 0.798. The average molecular weight is 216 g/mol. The Bertz CT molecular complexity index is 562. The van der Waals surface area contributed by atoms with Gasteiger partial charge in [-0.15, -0.1) is 0 Å². The maximum atomic E-state index is 10.9. The van der Waals surface area contributed by atoms with Crippen LogP contribution in [0.25, 0.3) is 0 Å². The monoisotopic (exact) mass is 216 g/mol. The van der Waals surface area contributed by atoms with Crippen LogP contribution < -0.4 is 11.0 Å². The lowest BCUT2D eigenvalue weighted by atomic mass is 10.1. The van der Waals surface area contributed by atoms with Crippen molar-refractivity contribution in [2.45, 2.75) is 13.8 Å². The summed E-state index contributed by atoms with van der Waals surface area (Å²) in [7, 11) is 0. The summed E-state index contributed by atoms with van der Waals surface area (Å²) < 4.78 is 0. The normalized spacial score (nSPS) is 10.1. The van der Waals surface area contributed by atoms with E-state index < -0.39 is 5.69 Å². The van der Waals surface area contributed by atoms with E-state index in [1.807, 2.05) is 32.0 Å². The number of benzene rings is 1. The summed E-state index contributed by atoms with van der Waals surface area (Å²) in [6.45, 7) is 4.08. The van der Waals surface area contributed by atoms with Crippen molar-refractivity contribution in [2.24, 2.45) is 0 Å². The van der Waals surface area contributed by atoms with Crippen LogP contribution in [0.3, 0.4) is 0 Å². The number of aryl methyl sites for hydroxylation is 2. The summed E-state index contributed by atoms with van der Waals surface area (Å²) in [5, 5.41) is 8.90. The van der Waals surface area contributed by atoms with Gasteiger partial charge < -0.3 is 5.32 Å². The van der Waals surface area contributed by atoms with E-state index in [1.54, 1.807) is 0 Å². The lowest BCUT2D eigenvalue weighted by Gasteiger charge is -2.06. The van der Waals surface area contributed by atoms with Crippen molar-refractivity contribution in [3.63, 3.8) is 0 Å². The van der Waals surface area contributed by atoms with Crippen LogP contribution in [0.2, 0.25) is 0 Å². The summed E-state index contributed by atoms with van der Waals surface area (Å²) in [6.07, 6.45) is 1.47. The highest BCUT2D eigenvalue weighted by Gasteiger charge is 1.99. The third kappa shape index (κ3) is 2.25. The lowest BCUT2D eigenvalue weighted by molar-refractivity contribution is 0.918. The summed E-state index contributed by atoms with van der Waals surface area (Å²) in [5.41, 5.74) is 2.84. The van der Waals surface area contributed by atoms with Crippen LogP contribution in [0, 0.1) is 13.8 Å². The molecule has 5 nitrogen and oxygen atoms in total. The Hall–Kier alpha value is -2.17. The molecule has 2 aromatic rings. The van der Waals surface area contributed by atoms with E-state index in [0.29, 0.717) is 5.82 Å². The molecular formula is C11H12N4O. The van der Waals surface area contributed by atoms with Gasteiger partial charge in [-0.1, -0.05) is 6.07 Å². The molecular weight excluding hydrogens is 204 g/mol. The first-order valence-electron chi connectivity index (χ1n) is 4.91. The number of nitrogens with one attached hydrogen (secondary N) is 2. The van der Waals surface area contributed by atoms with Gasteiger partial charge in [-0.2, -0.15) is 10.1 Å². The van der Waals surface area contributed by atoms with E-state index in [1.165, 1.54) is 17.3 Å². The molecule has 0 saturated heterocycles. The van der Waals surface area contributed by atoms with Crippen LogP contribution in [0.1, 0.15) is 11.1 Å². The molecule has 0 radical (unpaired) electrons. The molecule has 1 heterocycles. The number of anilines is 2. The van der Waals surface area contributed by atoms with Gasteiger partial charge >= 0.3 is 5.69 Å². The summed E-state index contributed by atoms with van der Waals surface area (Å²) in [5.74, 6) is 0.437. The molecule has 0 aliphatic heterocycles. The molecule has 0 atom stereocenters. The van der Waals surface area contributed by atoms with Gasteiger partial charge in [0.2, 0.25) is 0 Å². The number of H-pyrrole nitrogens is 1. The molecule has 0 spiro atoms. The van der Waals surface area contributed by atoms with Gasteiger partial charge in [0.15, 0.2) is 5.82 Å². The van der Waals surface area contributed by atoms with Crippen LogP contribution in [0.4, 0.5) is 11.5 Å². The Kier molecular flexibility index (Phi) is 2.68. The van der Waals surface area contributed by atoms with Crippen LogP contribution in [0.5, 0.6) is 0 Å². The molecule has 0 unspecified atom stereocenters. The van der Waals surface area contributed by atoms with E-state index in [-0.39, 0.29) is 0 Å². The van der Waals surface area contributed by atoms with Gasteiger partial charge in [0, 0.05) is 5.69 Å². The first-order chi connectivity index (χ1) is 7.65. The zero-order valence-corrected chi connectivity index (χ0v) is 9.11. The Morgan fingerprint density at radius 2 is 2.06 bits per heavy atom. The van der Waals surface area contributed by atoms with Crippen molar-refractivity contribution < 1.29 is 0 Å². The molecule has 82 valence electrons. The van der Waals surface area contributed by atoms with Crippen molar-refractivity contribution in [1.29, 1.82) is 0 Å². The van der Waals surface area contributed by atoms with Crippen molar-refractivity contribution in [3.8, 4) is 0 Å². The van der Waals surface area contributed by atoms with E-state index in [0.717, 1.165) is 5.69 Å². The van der Waals surface area contributed by atoms with Gasteiger partial charge in [0.1, 0.15) is 0 Å². The number of hydrogen-bond acceptors (Lipinski definition) is 4. The molecule has 0 aliphatic rings. The van der Waals surface area contributed by atoms with Gasteiger partial charge in [0.05, 0.1) is 6.20 Å². The lowest BCUT2D eigenvalue weighted by Crippen LogP contribution is -2.13. The van der Waals surface area contributed by atoms with E-state index >= 15 is 0 Å². The minimum atomic E-state index is -0.464. The fraction of sp³-hybridized carbons (Fsp3) is 0.182. The summed E-state index contributed by atoms with van der Waals surface area (Å²) in [4.78, 5) is 14.7. The standard InChI is InChI=1S/C11H12N4O/c1-7-3-4-9(5-8(7)2)13-10-6-12-15-11(16)14-10/h3-6H,1-2H3,(H2,13,14,15,16). The smallest absolute Gasteiger partial charge is 0.339 e. The summed E-state index contributed by atoms with van der Waals surface area (Å²) in [6, 6.07) is 5.95. The Morgan fingerprint density at radius 3 is 2.75 bits per heavy atom. The highest BCUT2D eigenvalue weighted by atomic mass is 16.1. The maximum absolute atomic E-state index is 10.9. The Balaban J connectivity index is 2.27. The minimum Gasteiger partial charge on any atom is -0.339 e. The fourth-order valence-corrected chi connectivity index (χ4v) is 1.34. The van der Waals surface area contributed by atoms with Crippen molar-refractivity contribution in [1.82, 2.24) is 15.2 Å². The zero-order chi connectivity index (χ0) is 11.5. The zero-order valence-electron chi connectivity index (χ0n) is 9.11. The second-order valence-corrected chi connectivity index (χ2v) is 3.60. The molecule has 0 saturated carbocycles. The third-order valence-corrected chi connectivity index (χ3v) is 2.35. The molecule has 16 heavy (non-hydrogen) atoms. The molecule has 1 aromatic heterocycles. The van der Waals surface area contributed by atoms with Gasteiger partial charge in [-0.25, -0.2) is 9.89 Å². The summed E-state index contributed by atoms with van der Waals surface area (Å²) >= 11 is 0. The first-order valence-corrected chi connectivity index (χ1v) is 4.91. The molecule has 0 aliphatic carbocycles. The molecule has 0 bridgehead atoms. The van der Waals surface area contributed by atoms with Gasteiger partial charge in [-0.3, -0.25) is 0 Å². The van der Waals surface area contributed by atoms with Crippen LogP contribution in [0.15, 0.2) is 29.2 Å². The first kappa shape index (κ1) is 10.4. The number of aromatic nitrogens is 3. The van der Waals surface area contributed by atoms with Crippen molar-refractivity contribution in [2.75, 3.05) is 5.32 Å². The highest BCUT2D eigenvalue weighted by Crippen LogP contribution is 2.16. The maximum Gasteiger partial charge on any atom is 0.363 e. The highest BCUT2D eigenvalue weighted by molar-refractivity contribution is 5.56. The molecule has 2 N–H and O–H groups in total. The SMILES string of the molecule is Cc1ccc(Nc2cn[nH]c(=O)n2)cc1C. The number of rotatable bonds is 2. The predicted octanol–water partition coefficient (Wildman–Crippen LogP) is 1.53. The second-order valence-electron chi connectivity index (χ2n) is 3.60. The van der Waals surface area contributed by atoms with Gasteiger partial charge in [-0.05, 0) is 37.1 Å². The predicted molar refractivity (Wildman–Crippen MR) is 61.9 cm³/mol. The van der Waals surface area contributed by atoms with Crippen molar-refractivity contribution in [3.05, 3.63) is 46.0 Å². The molecule has 1 aromatic carbocycles. The Labute approximate surface area is 92.6 Å². The number of nitrogens with zero attached hydrogens (tertiary/aromatic N) is 2. The molecule has 0 amide bonds. The molecule has 2 rings (SSSR count). The van der Waals surface area contributed by atoms with Crippen LogP contribution >= 0.6 is 0 Å². The van der Waals surface area contributed by atoms with Gasteiger partial charge in [0.25, 0.3) is 0 Å². The molecule has 0 fully saturated rings. The van der Waals surface area contributed by atoms with E-state index in [2.05, 4.69) is 20.5 Å². The van der Waals surface area contributed by atoms with E-state index in [4.69, 9.17) is 0 Å². The molecule has 5 heteroatoms. The topological polar surface area (TPSA) is 70.7 Å². The van der Waals surface area contributed by atoms with Crippen LogP contribution in [-0.4, -0.2) is 15.2 Å². The van der Waals surface area contributed by atoms with Crippen molar-refractivity contribution >= 4 is 11.5 Å². The second kappa shape index (κ2) is 4.14. The minimum absolute atomic E-state index is 0.437. The third-order valence-electron chi connectivity index (χ3n) is 2.35. The number of aromatic amines is 1. The largest absolute Gasteiger partial charge is 0.363 e. The van der Waals surface area contributed by atoms with E-state index in [9.17, 15) is 4.79 Å². The Morgan fingerprint density at radius 1 is 1.25 bits per heavy atom. The van der Waals surface area contributed by atoms with Crippen LogP contribution in [-0.2, 0) is 0 Å². The number of hydrogen-bond donors (Lipinski definition) is 2. The fourth-order valence-electron chi connectivity index (χ4n) is 1.34. The average Bonchev–Trinajstić information content (AvgIpc) is 2.24.